The van der Waals surface area contributed by atoms with Gasteiger partial charge in [-0.25, -0.2) is 0 Å². The highest BCUT2D eigenvalue weighted by Crippen LogP contribution is 2.18. The summed E-state index contributed by atoms with van der Waals surface area (Å²) in [6.45, 7) is 5.71. The van der Waals surface area contributed by atoms with Gasteiger partial charge in [-0.1, -0.05) is 0 Å². The molecule has 0 N–H and O–H groups in total. The zero-order valence-electron chi connectivity index (χ0n) is 12.6. The lowest BCUT2D eigenvalue weighted by molar-refractivity contribution is -0.119. The lowest BCUT2D eigenvalue weighted by Crippen LogP contribution is -2.48. The van der Waals surface area contributed by atoms with Crippen molar-refractivity contribution in [3.63, 3.8) is 0 Å². The van der Waals surface area contributed by atoms with E-state index in [4.69, 9.17) is 4.74 Å². The number of anilines is 1. The molecule has 0 saturated carbocycles. The average molecular weight is 303 g/mol. The van der Waals surface area contributed by atoms with Crippen LogP contribution < -0.4 is 4.90 Å². The summed E-state index contributed by atoms with van der Waals surface area (Å²) in [6, 6.07) is 7.78. The molecule has 0 bridgehead atoms. The number of rotatable bonds is 3. The Balaban J connectivity index is 1.62. The summed E-state index contributed by atoms with van der Waals surface area (Å²) in [5.74, 6) is 0.0408. The molecule has 0 aliphatic carbocycles. The molecule has 2 aliphatic rings. The molecule has 22 heavy (non-hydrogen) atoms. The van der Waals surface area contributed by atoms with E-state index in [1.54, 1.807) is 4.90 Å². The van der Waals surface area contributed by atoms with Gasteiger partial charge in [0.05, 0.1) is 13.2 Å². The van der Waals surface area contributed by atoms with Crippen LogP contribution in [-0.4, -0.2) is 74.6 Å². The zero-order chi connectivity index (χ0) is 15.4. The van der Waals surface area contributed by atoms with Crippen LogP contribution in [0.15, 0.2) is 24.3 Å². The van der Waals surface area contributed by atoms with Crippen molar-refractivity contribution in [1.82, 2.24) is 9.80 Å². The second-order valence-electron chi connectivity index (χ2n) is 5.58. The van der Waals surface area contributed by atoms with Gasteiger partial charge in [-0.2, -0.15) is 0 Å². The molecule has 1 aromatic carbocycles. The second kappa shape index (κ2) is 6.79. The molecule has 0 radical (unpaired) electrons. The summed E-state index contributed by atoms with van der Waals surface area (Å²) in [6.07, 6.45) is 0.846. The van der Waals surface area contributed by atoms with E-state index in [9.17, 15) is 9.59 Å². The third-order valence-electron chi connectivity index (χ3n) is 4.24. The van der Waals surface area contributed by atoms with Crippen molar-refractivity contribution in [3.05, 3.63) is 29.8 Å². The molecule has 0 spiro atoms. The van der Waals surface area contributed by atoms with E-state index < -0.39 is 0 Å². The van der Waals surface area contributed by atoms with Gasteiger partial charge in [-0.05, 0) is 24.3 Å². The maximum Gasteiger partial charge on any atom is 0.253 e. The minimum Gasteiger partial charge on any atom is -0.378 e. The normalized spacial score (nSPS) is 19.2. The Kier molecular flexibility index (Phi) is 4.58. The summed E-state index contributed by atoms with van der Waals surface area (Å²) in [4.78, 5) is 28.9. The third-order valence-corrected chi connectivity index (χ3v) is 4.24. The molecule has 2 aliphatic heterocycles. The number of piperazine rings is 1. The van der Waals surface area contributed by atoms with Gasteiger partial charge in [0.2, 0.25) is 6.41 Å². The quantitative estimate of drug-likeness (QED) is 0.760. The van der Waals surface area contributed by atoms with Gasteiger partial charge in [0.1, 0.15) is 0 Å². The van der Waals surface area contributed by atoms with E-state index in [2.05, 4.69) is 4.90 Å². The van der Waals surface area contributed by atoms with Gasteiger partial charge < -0.3 is 19.4 Å². The standard InChI is InChI=1S/C16H21N3O3/c20-13-17-5-7-19(8-6-17)16(21)14-1-3-15(4-2-14)18-9-11-22-12-10-18/h1-4,13H,5-12H2. The maximum absolute atomic E-state index is 12.5. The summed E-state index contributed by atoms with van der Waals surface area (Å²) < 4.78 is 5.35. The molecular formula is C16H21N3O3. The Labute approximate surface area is 130 Å². The van der Waals surface area contributed by atoms with Crippen LogP contribution in [0.4, 0.5) is 5.69 Å². The van der Waals surface area contributed by atoms with Gasteiger partial charge in [0.25, 0.3) is 5.91 Å². The van der Waals surface area contributed by atoms with E-state index >= 15 is 0 Å². The summed E-state index contributed by atoms with van der Waals surface area (Å²) in [5.41, 5.74) is 1.84. The van der Waals surface area contributed by atoms with Crippen molar-refractivity contribution in [2.45, 2.75) is 0 Å². The largest absolute Gasteiger partial charge is 0.378 e. The number of hydrogen-bond acceptors (Lipinski definition) is 4. The Morgan fingerprint density at radius 1 is 0.955 bits per heavy atom. The van der Waals surface area contributed by atoms with Crippen molar-refractivity contribution in [1.29, 1.82) is 0 Å². The zero-order valence-corrected chi connectivity index (χ0v) is 12.6. The Morgan fingerprint density at radius 2 is 1.59 bits per heavy atom. The number of amides is 2. The van der Waals surface area contributed by atoms with Crippen LogP contribution in [0, 0.1) is 0 Å². The number of carbonyl (C=O) groups is 2. The molecule has 0 atom stereocenters. The molecule has 0 unspecified atom stereocenters. The first-order chi connectivity index (χ1) is 10.8. The third kappa shape index (κ3) is 3.22. The van der Waals surface area contributed by atoms with Crippen molar-refractivity contribution in [3.8, 4) is 0 Å². The molecule has 2 fully saturated rings. The van der Waals surface area contributed by atoms with Crippen LogP contribution in [0.1, 0.15) is 10.4 Å². The number of hydrogen-bond donors (Lipinski definition) is 0. The SMILES string of the molecule is O=CN1CCN(C(=O)c2ccc(N3CCOCC3)cc2)CC1. The fourth-order valence-corrected chi connectivity index (χ4v) is 2.85. The first-order valence-corrected chi connectivity index (χ1v) is 7.69. The number of benzene rings is 1. The smallest absolute Gasteiger partial charge is 0.253 e. The number of morpholine rings is 1. The van der Waals surface area contributed by atoms with Gasteiger partial charge in [0.15, 0.2) is 0 Å². The highest BCUT2D eigenvalue weighted by molar-refractivity contribution is 5.94. The Morgan fingerprint density at radius 3 is 2.18 bits per heavy atom. The van der Waals surface area contributed by atoms with Gasteiger partial charge in [-0.3, -0.25) is 9.59 Å². The van der Waals surface area contributed by atoms with Gasteiger partial charge in [-0.15, -0.1) is 0 Å². The molecular weight excluding hydrogens is 282 g/mol. The summed E-state index contributed by atoms with van der Waals surface area (Å²) in [5, 5.41) is 0. The Bertz CT molecular complexity index is 518. The molecule has 6 nitrogen and oxygen atoms in total. The van der Waals surface area contributed by atoms with E-state index in [-0.39, 0.29) is 5.91 Å². The van der Waals surface area contributed by atoms with Crippen LogP contribution in [-0.2, 0) is 9.53 Å². The molecule has 118 valence electrons. The van der Waals surface area contributed by atoms with Crippen LogP contribution >= 0.6 is 0 Å². The molecule has 2 heterocycles. The lowest BCUT2D eigenvalue weighted by atomic mass is 10.1. The van der Waals surface area contributed by atoms with E-state index in [0.717, 1.165) is 38.4 Å². The molecule has 3 rings (SSSR count). The molecule has 2 saturated heterocycles. The topological polar surface area (TPSA) is 53.1 Å². The van der Waals surface area contributed by atoms with Gasteiger partial charge >= 0.3 is 0 Å². The highest BCUT2D eigenvalue weighted by atomic mass is 16.5. The van der Waals surface area contributed by atoms with E-state index in [1.165, 1.54) is 0 Å². The van der Waals surface area contributed by atoms with E-state index in [0.29, 0.717) is 31.7 Å². The predicted molar refractivity (Wildman–Crippen MR) is 83.0 cm³/mol. The van der Waals surface area contributed by atoms with Gasteiger partial charge in [0, 0.05) is 50.5 Å². The van der Waals surface area contributed by atoms with Crippen LogP contribution in [0.2, 0.25) is 0 Å². The lowest BCUT2D eigenvalue weighted by Gasteiger charge is -2.33. The van der Waals surface area contributed by atoms with Crippen molar-refractivity contribution in [2.24, 2.45) is 0 Å². The maximum atomic E-state index is 12.5. The first-order valence-electron chi connectivity index (χ1n) is 7.69. The molecule has 2 amide bonds. The Hall–Kier alpha value is -2.08. The first kappa shape index (κ1) is 14.8. The minimum absolute atomic E-state index is 0.0408. The monoisotopic (exact) mass is 303 g/mol. The fraction of sp³-hybridized carbons (Fsp3) is 0.500. The van der Waals surface area contributed by atoms with Crippen molar-refractivity contribution >= 4 is 18.0 Å². The molecule has 6 heteroatoms. The van der Waals surface area contributed by atoms with Crippen molar-refractivity contribution < 1.29 is 14.3 Å². The second-order valence-corrected chi connectivity index (χ2v) is 5.58. The molecule has 1 aromatic rings. The number of nitrogens with zero attached hydrogens (tertiary/aromatic N) is 3. The minimum atomic E-state index is 0.0408. The number of ether oxygens (including phenoxy) is 1. The van der Waals surface area contributed by atoms with Crippen LogP contribution in [0.5, 0.6) is 0 Å². The number of carbonyl (C=O) groups excluding carboxylic acids is 2. The summed E-state index contributed by atoms with van der Waals surface area (Å²) >= 11 is 0. The van der Waals surface area contributed by atoms with E-state index in [1.807, 2.05) is 29.2 Å². The van der Waals surface area contributed by atoms with Crippen LogP contribution in [0.3, 0.4) is 0 Å². The fourth-order valence-electron chi connectivity index (χ4n) is 2.85. The molecule has 0 aromatic heterocycles. The average Bonchev–Trinajstić information content (AvgIpc) is 2.62. The van der Waals surface area contributed by atoms with Crippen LogP contribution in [0.25, 0.3) is 0 Å². The summed E-state index contributed by atoms with van der Waals surface area (Å²) in [7, 11) is 0. The predicted octanol–water partition coefficient (Wildman–Crippen LogP) is 0.437. The van der Waals surface area contributed by atoms with Crippen molar-refractivity contribution in [2.75, 3.05) is 57.4 Å². The highest BCUT2D eigenvalue weighted by Gasteiger charge is 2.21.